The molecule has 0 aliphatic carbocycles. The minimum Gasteiger partial charge on any atom is -0.486 e. The fourth-order valence-electron chi connectivity index (χ4n) is 2.56. The average molecular weight is 326 g/mol. The Bertz CT molecular complexity index is 703. The lowest BCUT2D eigenvalue weighted by atomic mass is 10.2. The van der Waals surface area contributed by atoms with Crippen LogP contribution < -0.4 is 20.1 Å². The number of hydrogen-bond donors (Lipinski definition) is 2. The summed E-state index contributed by atoms with van der Waals surface area (Å²) in [7, 11) is 0. The van der Waals surface area contributed by atoms with Crippen molar-refractivity contribution in [2.24, 2.45) is 0 Å². The van der Waals surface area contributed by atoms with E-state index in [0.717, 1.165) is 17.2 Å². The number of nitrogens with one attached hydrogen (secondary N) is 2. The summed E-state index contributed by atoms with van der Waals surface area (Å²) in [5.74, 6) is 1.48. The lowest BCUT2D eigenvalue weighted by Crippen LogP contribution is -2.41. The van der Waals surface area contributed by atoms with Crippen LogP contribution in [0.4, 0.5) is 5.69 Å². The molecule has 3 rings (SSSR count). The normalized spacial score (nSPS) is 15.6. The average Bonchev–Trinajstić information content (AvgIpc) is 2.61. The second kappa shape index (κ2) is 7.73. The first kappa shape index (κ1) is 16.2. The molecule has 1 amide bonds. The number of rotatable bonds is 6. The van der Waals surface area contributed by atoms with Gasteiger partial charge in [0.2, 0.25) is 5.91 Å². The number of para-hydroxylation sites is 3. The largest absolute Gasteiger partial charge is 0.486 e. The molecular formula is C19H22N2O3. The van der Waals surface area contributed by atoms with Gasteiger partial charge in [0.25, 0.3) is 0 Å². The van der Waals surface area contributed by atoms with Crippen molar-refractivity contribution in [3.05, 3.63) is 54.1 Å². The third kappa shape index (κ3) is 4.19. The van der Waals surface area contributed by atoms with E-state index in [2.05, 4.69) is 10.6 Å². The van der Waals surface area contributed by atoms with Gasteiger partial charge in [0.15, 0.2) is 11.5 Å². The molecule has 2 aromatic carbocycles. The van der Waals surface area contributed by atoms with E-state index >= 15 is 0 Å². The number of hydrogen-bond acceptors (Lipinski definition) is 4. The number of amides is 1. The fraction of sp³-hybridized carbons (Fsp3) is 0.316. The monoisotopic (exact) mass is 326 g/mol. The van der Waals surface area contributed by atoms with Crippen molar-refractivity contribution in [1.82, 2.24) is 5.32 Å². The summed E-state index contributed by atoms with van der Waals surface area (Å²) >= 11 is 0. The van der Waals surface area contributed by atoms with Gasteiger partial charge in [0.1, 0.15) is 12.7 Å². The van der Waals surface area contributed by atoms with E-state index in [4.69, 9.17) is 9.47 Å². The summed E-state index contributed by atoms with van der Waals surface area (Å²) in [4.78, 5) is 12.0. The molecule has 0 spiro atoms. The Morgan fingerprint density at radius 3 is 2.71 bits per heavy atom. The highest BCUT2D eigenvalue weighted by Crippen LogP contribution is 2.30. The Kier molecular flexibility index (Phi) is 5.21. The molecule has 126 valence electrons. The highest BCUT2D eigenvalue weighted by molar-refractivity contribution is 5.76. The van der Waals surface area contributed by atoms with Crippen LogP contribution in [0.15, 0.2) is 48.5 Å². The smallest absolute Gasteiger partial charge is 0.221 e. The molecule has 0 aromatic heterocycles. The van der Waals surface area contributed by atoms with E-state index in [1.807, 2.05) is 55.5 Å². The molecule has 0 unspecified atom stereocenters. The number of benzene rings is 2. The molecule has 1 atom stereocenters. The minimum atomic E-state index is -0.159. The summed E-state index contributed by atoms with van der Waals surface area (Å²) in [5, 5.41) is 6.18. The second-order valence-electron chi connectivity index (χ2n) is 5.79. The van der Waals surface area contributed by atoms with Crippen LogP contribution in [0.5, 0.6) is 11.5 Å². The van der Waals surface area contributed by atoms with Gasteiger partial charge in [-0.2, -0.15) is 0 Å². The van der Waals surface area contributed by atoms with Gasteiger partial charge in [-0.3, -0.25) is 4.79 Å². The molecule has 5 nitrogen and oxygen atoms in total. The van der Waals surface area contributed by atoms with Crippen LogP contribution >= 0.6 is 0 Å². The van der Waals surface area contributed by atoms with Gasteiger partial charge in [0.05, 0.1) is 6.54 Å². The zero-order valence-electron chi connectivity index (χ0n) is 13.7. The number of ether oxygens (including phenoxy) is 2. The van der Waals surface area contributed by atoms with Crippen molar-refractivity contribution in [3.63, 3.8) is 0 Å². The maximum absolute atomic E-state index is 12.0. The fourth-order valence-corrected chi connectivity index (χ4v) is 2.56. The van der Waals surface area contributed by atoms with Gasteiger partial charge < -0.3 is 20.1 Å². The van der Waals surface area contributed by atoms with Crippen LogP contribution in [0.1, 0.15) is 12.0 Å². The van der Waals surface area contributed by atoms with Crippen LogP contribution in [0, 0.1) is 6.92 Å². The molecule has 5 heteroatoms. The lowest BCUT2D eigenvalue weighted by molar-refractivity contribution is -0.121. The van der Waals surface area contributed by atoms with Gasteiger partial charge in [-0.25, -0.2) is 0 Å². The molecule has 0 bridgehead atoms. The van der Waals surface area contributed by atoms with Crippen molar-refractivity contribution < 1.29 is 14.3 Å². The van der Waals surface area contributed by atoms with Crippen LogP contribution in [0.3, 0.4) is 0 Å². The highest BCUT2D eigenvalue weighted by Gasteiger charge is 2.20. The van der Waals surface area contributed by atoms with E-state index in [9.17, 15) is 4.79 Å². The standard InChI is InChI=1S/C19H22N2O3/c1-14-6-2-3-7-16(14)20-11-10-19(22)21-12-15-13-23-17-8-4-5-9-18(17)24-15/h2-9,15,20H,10-13H2,1H3,(H,21,22)/t15-/m0/s1. The zero-order chi connectivity index (χ0) is 16.8. The van der Waals surface area contributed by atoms with Gasteiger partial charge in [0, 0.05) is 18.7 Å². The quantitative estimate of drug-likeness (QED) is 0.857. The van der Waals surface area contributed by atoms with E-state index < -0.39 is 0 Å². The molecule has 2 N–H and O–H groups in total. The Hall–Kier alpha value is -2.69. The Labute approximate surface area is 142 Å². The van der Waals surface area contributed by atoms with Crippen LogP contribution in [-0.4, -0.2) is 31.7 Å². The third-order valence-corrected chi connectivity index (χ3v) is 3.91. The van der Waals surface area contributed by atoms with Crippen molar-refractivity contribution in [2.75, 3.05) is 25.0 Å². The van der Waals surface area contributed by atoms with Crippen LogP contribution in [0.2, 0.25) is 0 Å². The predicted molar refractivity (Wildman–Crippen MR) is 93.6 cm³/mol. The van der Waals surface area contributed by atoms with E-state index in [-0.39, 0.29) is 12.0 Å². The molecule has 2 aromatic rings. The lowest BCUT2D eigenvalue weighted by Gasteiger charge is -2.26. The number of aryl methyl sites for hydroxylation is 1. The molecule has 0 fully saturated rings. The Morgan fingerprint density at radius 2 is 1.88 bits per heavy atom. The summed E-state index contributed by atoms with van der Waals surface area (Å²) < 4.78 is 11.4. The topological polar surface area (TPSA) is 59.6 Å². The zero-order valence-corrected chi connectivity index (χ0v) is 13.7. The second-order valence-corrected chi connectivity index (χ2v) is 5.79. The molecule has 1 aliphatic rings. The summed E-state index contributed by atoms with van der Waals surface area (Å²) in [5.41, 5.74) is 2.23. The molecule has 0 radical (unpaired) electrons. The maximum Gasteiger partial charge on any atom is 0.221 e. The highest BCUT2D eigenvalue weighted by atomic mass is 16.6. The summed E-state index contributed by atoms with van der Waals surface area (Å²) in [6.07, 6.45) is 0.256. The van der Waals surface area contributed by atoms with Gasteiger partial charge in [-0.1, -0.05) is 30.3 Å². The van der Waals surface area contributed by atoms with Gasteiger partial charge >= 0.3 is 0 Å². The number of anilines is 1. The Balaban J connectivity index is 1.38. The van der Waals surface area contributed by atoms with Crippen molar-refractivity contribution in [2.45, 2.75) is 19.4 Å². The van der Waals surface area contributed by atoms with Crippen molar-refractivity contribution in [1.29, 1.82) is 0 Å². The SMILES string of the molecule is Cc1ccccc1NCCC(=O)NC[C@H]1COc2ccccc2O1. The molecular weight excluding hydrogens is 304 g/mol. The molecule has 0 saturated carbocycles. The number of carbonyl (C=O) groups excluding carboxylic acids is 1. The minimum absolute atomic E-state index is 0.00135. The van der Waals surface area contributed by atoms with E-state index in [1.165, 1.54) is 5.56 Å². The Morgan fingerprint density at radius 1 is 1.12 bits per heavy atom. The van der Waals surface area contributed by atoms with Gasteiger partial charge in [-0.05, 0) is 30.7 Å². The molecule has 0 saturated heterocycles. The van der Waals surface area contributed by atoms with Crippen molar-refractivity contribution in [3.8, 4) is 11.5 Å². The van der Waals surface area contributed by atoms with E-state index in [1.54, 1.807) is 0 Å². The molecule has 24 heavy (non-hydrogen) atoms. The van der Waals surface area contributed by atoms with Crippen LogP contribution in [0.25, 0.3) is 0 Å². The molecule has 1 aliphatic heterocycles. The van der Waals surface area contributed by atoms with E-state index in [0.29, 0.717) is 26.1 Å². The van der Waals surface area contributed by atoms with Crippen LogP contribution in [-0.2, 0) is 4.79 Å². The maximum atomic E-state index is 12.0. The number of carbonyl (C=O) groups is 1. The first-order chi connectivity index (χ1) is 11.7. The molecule has 1 heterocycles. The summed E-state index contributed by atoms with van der Waals surface area (Å²) in [6, 6.07) is 15.6. The first-order valence-electron chi connectivity index (χ1n) is 8.17. The predicted octanol–water partition coefficient (Wildman–Crippen LogP) is 2.75. The van der Waals surface area contributed by atoms with Gasteiger partial charge in [-0.15, -0.1) is 0 Å². The number of fused-ring (bicyclic) bond motifs is 1. The first-order valence-corrected chi connectivity index (χ1v) is 8.17. The van der Waals surface area contributed by atoms with Crippen molar-refractivity contribution >= 4 is 11.6 Å². The summed E-state index contributed by atoms with van der Waals surface area (Å²) in [6.45, 7) is 3.53. The third-order valence-electron chi connectivity index (χ3n) is 3.91.